The molecule has 0 aliphatic rings. The maximum atomic E-state index is 11.8. The Hall–Kier alpha value is -2.63. The Kier molecular flexibility index (Phi) is 4.37. The molecule has 0 atom stereocenters. The first-order valence-electron chi connectivity index (χ1n) is 6.64. The number of nitrogens with one attached hydrogen (secondary N) is 3. The normalized spacial score (nSPS) is 11.5. The van der Waals surface area contributed by atoms with Crippen molar-refractivity contribution in [1.29, 1.82) is 0 Å². The molecule has 3 N–H and O–H groups in total. The van der Waals surface area contributed by atoms with Crippen LogP contribution in [0, 0.1) is 13.8 Å². The van der Waals surface area contributed by atoms with Crippen molar-refractivity contribution in [3.8, 4) is 0 Å². The number of aromatic nitrogens is 2. The summed E-state index contributed by atoms with van der Waals surface area (Å²) in [7, 11) is 0. The first-order valence-corrected chi connectivity index (χ1v) is 6.64. The van der Waals surface area contributed by atoms with Gasteiger partial charge in [-0.2, -0.15) is 5.10 Å². The maximum Gasteiger partial charge on any atom is 0.325 e. The van der Waals surface area contributed by atoms with E-state index in [1.807, 2.05) is 31.2 Å². The highest BCUT2D eigenvalue weighted by Crippen LogP contribution is 2.06. The van der Waals surface area contributed by atoms with Gasteiger partial charge in [0, 0.05) is 5.69 Å². The second-order valence-electron chi connectivity index (χ2n) is 4.87. The molecule has 1 aromatic heterocycles. The molecule has 0 amide bonds. The Labute approximate surface area is 121 Å². The van der Waals surface area contributed by atoms with Gasteiger partial charge in [0.15, 0.2) is 0 Å². The monoisotopic (exact) mass is 286 g/mol. The minimum absolute atomic E-state index is 0.381. The molecule has 0 saturated carbocycles. The summed E-state index contributed by atoms with van der Waals surface area (Å²) in [5.74, 6) is 0. The zero-order valence-electron chi connectivity index (χ0n) is 12.3. The number of rotatable bonds is 4. The van der Waals surface area contributed by atoms with E-state index in [1.54, 1.807) is 13.8 Å². The van der Waals surface area contributed by atoms with Crippen LogP contribution in [0.3, 0.4) is 0 Å². The van der Waals surface area contributed by atoms with E-state index in [0.29, 0.717) is 23.5 Å². The summed E-state index contributed by atoms with van der Waals surface area (Å²) in [5.41, 5.74) is 5.73. The van der Waals surface area contributed by atoms with E-state index in [9.17, 15) is 9.59 Å². The van der Waals surface area contributed by atoms with E-state index in [2.05, 4.69) is 20.5 Å². The van der Waals surface area contributed by atoms with E-state index in [1.165, 1.54) is 5.56 Å². The third-order valence-corrected chi connectivity index (χ3v) is 3.27. The zero-order chi connectivity index (χ0) is 15.4. The molecule has 21 heavy (non-hydrogen) atoms. The molecule has 6 heteroatoms. The van der Waals surface area contributed by atoms with Crippen LogP contribution in [-0.2, 0) is 6.54 Å². The predicted molar refractivity (Wildman–Crippen MR) is 82.7 cm³/mol. The summed E-state index contributed by atoms with van der Waals surface area (Å²) in [6, 6.07) is 8.00. The number of H-pyrrole nitrogens is 2. The summed E-state index contributed by atoms with van der Waals surface area (Å²) >= 11 is 0. The zero-order valence-corrected chi connectivity index (χ0v) is 12.3. The van der Waals surface area contributed by atoms with Gasteiger partial charge in [0.25, 0.3) is 5.56 Å². The number of hydrazone groups is 1. The number of aromatic amines is 2. The molecule has 0 bridgehead atoms. The van der Waals surface area contributed by atoms with Crippen LogP contribution < -0.4 is 16.7 Å². The van der Waals surface area contributed by atoms with Crippen molar-refractivity contribution >= 4 is 5.71 Å². The Bertz CT molecular complexity index is 787. The first-order chi connectivity index (χ1) is 9.99. The van der Waals surface area contributed by atoms with Crippen molar-refractivity contribution in [1.82, 2.24) is 15.4 Å². The smallest absolute Gasteiger partial charge is 0.311 e. The fourth-order valence-electron chi connectivity index (χ4n) is 2.14. The molecule has 0 unspecified atom stereocenters. The van der Waals surface area contributed by atoms with E-state index >= 15 is 0 Å². The van der Waals surface area contributed by atoms with Crippen molar-refractivity contribution in [3.63, 3.8) is 0 Å². The lowest BCUT2D eigenvalue weighted by atomic mass is 10.1. The molecule has 0 radical (unpaired) electrons. The van der Waals surface area contributed by atoms with Gasteiger partial charge < -0.3 is 10.4 Å². The SMILES string of the molecule is CC(=NNCc1ccccc1C)c1c(C)[nH]c(=O)[nH]c1=O. The van der Waals surface area contributed by atoms with Crippen LogP contribution in [0.25, 0.3) is 0 Å². The summed E-state index contributed by atoms with van der Waals surface area (Å²) in [4.78, 5) is 27.7. The van der Waals surface area contributed by atoms with Gasteiger partial charge in [-0.25, -0.2) is 4.79 Å². The molecular formula is C15H18N4O2. The molecule has 110 valence electrons. The topological polar surface area (TPSA) is 90.1 Å². The minimum atomic E-state index is -0.512. The van der Waals surface area contributed by atoms with Gasteiger partial charge in [0.05, 0.1) is 17.8 Å². The first kappa shape index (κ1) is 14.8. The molecule has 0 aliphatic carbocycles. The molecule has 0 saturated heterocycles. The Morgan fingerprint density at radius 3 is 2.57 bits per heavy atom. The molecule has 0 aliphatic heterocycles. The molecule has 1 aromatic carbocycles. The van der Waals surface area contributed by atoms with Gasteiger partial charge in [-0.3, -0.25) is 9.78 Å². The van der Waals surface area contributed by atoms with E-state index in [4.69, 9.17) is 0 Å². The molecule has 2 aromatic rings. The van der Waals surface area contributed by atoms with Crippen LogP contribution in [0.4, 0.5) is 0 Å². The average Bonchev–Trinajstić information content (AvgIpc) is 2.39. The predicted octanol–water partition coefficient (Wildman–Crippen LogP) is 1.19. The highest BCUT2D eigenvalue weighted by Gasteiger charge is 2.09. The van der Waals surface area contributed by atoms with Gasteiger partial charge in [-0.1, -0.05) is 24.3 Å². The fraction of sp³-hybridized carbons (Fsp3) is 0.267. The maximum absolute atomic E-state index is 11.8. The standard InChI is InChI=1S/C15H18N4O2/c1-9-6-4-5-7-12(9)8-16-19-11(3)13-10(2)17-15(21)18-14(13)20/h4-7,16H,8H2,1-3H3,(H2,17,18,20,21). The quantitative estimate of drug-likeness (QED) is 0.582. The summed E-state index contributed by atoms with van der Waals surface area (Å²) in [5, 5.41) is 4.21. The third-order valence-electron chi connectivity index (χ3n) is 3.27. The second-order valence-corrected chi connectivity index (χ2v) is 4.87. The van der Waals surface area contributed by atoms with Crippen molar-refractivity contribution < 1.29 is 0 Å². The van der Waals surface area contributed by atoms with E-state index in [0.717, 1.165) is 5.56 Å². The van der Waals surface area contributed by atoms with Gasteiger partial charge in [0.1, 0.15) is 0 Å². The lowest BCUT2D eigenvalue weighted by Gasteiger charge is -2.07. The van der Waals surface area contributed by atoms with Crippen LogP contribution in [-0.4, -0.2) is 15.7 Å². The Morgan fingerprint density at radius 2 is 1.90 bits per heavy atom. The number of hydrogen-bond donors (Lipinski definition) is 3. The van der Waals surface area contributed by atoms with E-state index in [-0.39, 0.29) is 0 Å². The van der Waals surface area contributed by atoms with Crippen LogP contribution in [0.15, 0.2) is 39.0 Å². The van der Waals surface area contributed by atoms with Crippen LogP contribution in [0.2, 0.25) is 0 Å². The fourth-order valence-corrected chi connectivity index (χ4v) is 2.14. The van der Waals surface area contributed by atoms with Crippen molar-refractivity contribution in [2.75, 3.05) is 0 Å². The van der Waals surface area contributed by atoms with Gasteiger partial charge >= 0.3 is 5.69 Å². The van der Waals surface area contributed by atoms with Crippen LogP contribution in [0.1, 0.15) is 29.3 Å². The number of benzene rings is 1. The number of aryl methyl sites for hydroxylation is 2. The Morgan fingerprint density at radius 1 is 1.19 bits per heavy atom. The third kappa shape index (κ3) is 3.47. The molecular weight excluding hydrogens is 268 g/mol. The average molecular weight is 286 g/mol. The number of nitrogens with zero attached hydrogens (tertiary/aromatic N) is 1. The van der Waals surface area contributed by atoms with Gasteiger partial charge in [-0.15, -0.1) is 0 Å². The highest BCUT2D eigenvalue weighted by atomic mass is 16.2. The van der Waals surface area contributed by atoms with Crippen molar-refractivity contribution in [2.45, 2.75) is 27.3 Å². The van der Waals surface area contributed by atoms with Crippen molar-refractivity contribution in [2.24, 2.45) is 5.10 Å². The van der Waals surface area contributed by atoms with E-state index < -0.39 is 11.2 Å². The molecule has 2 rings (SSSR count). The molecule has 1 heterocycles. The molecule has 0 fully saturated rings. The molecule has 0 spiro atoms. The minimum Gasteiger partial charge on any atom is -0.311 e. The lowest BCUT2D eigenvalue weighted by Crippen LogP contribution is -2.29. The summed E-state index contributed by atoms with van der Waals surface area (Å²) < 4.78 is 0. The number of hydrogen-bond acceptors (Lipinski definition) is 4. The Balaban J connectivity index is 2.18. The molecule has 6 nitrogen and oxygen atoms in total. The van der Waals surface area contributed by atoms with Gasteiger partial charge in [0.2, 0.25) is 0 Å². The van der Waals surface area contributed by atoms with Crippen LogP contribution >= 0.6 is 0 Å². The van der Waals surface area contributed by atoms with Crippen LogP contribution in [0.5, 0.6) is 0 Å². The van der Waals surface area contributed by atoms with Gasteiger partial charge in [-0.05, 0) is 31.9 Å². The van der Waals surface area contributed by atoms with Crippen molar-refractivity contribution in [3.05, 3.63) is 67.5 Å². The summed E-state index contributed by atoms with van der Waals surface area (Å²) in [6.45, 7) is 6.00. The second kappa shape index (κ2) is 6.21. The highest BCUT2D eigenvalue weighted by molar-refractivity contribution is 5.99. The lowest BCUT2D eigenvalue weighted by molar-refractivity contribution is 0.739. The summed E-state index contributed by atoms with van der Waals surface area (Å²) in [6.07, 6.45) is 0. The largest absolute Gasteiger partial charge is 0.325 e.